The molecule has 1 unspecified atom stereocenters. The molecule has 0 bridgehead atoms. The summed E-state index contributed by atoms with van der Waals surface area (Å²) in [4.78, 5) is 11.5. The Bertz CT molecular complexity index is 337. The van der Waals surface area contributed by atoms with Gasteiger partial charge >= 0.3 is 0 Å². The molecule has 88 valence electrons. The topological polar surface area (TPSA) is 55.1 Å². The molecule has 1 aromatic rings. The molecule has 3 nitrogen and oxygen atoms in total. The van der Waals surface area contributed by atoms with Gasteiger partial charge in [-0.05, 0) is 24.1 Å². The van der Waals surface area contributed by atoms with Crippen molar-refractivity contribution >= 4 is 5.91 Å². The maximum Gasteiger partial charge on any atom is 0.224 e. The van der Waals surface area contributed by atoms with Gasteiger partial charge in [-0.25, -0.2) is 4.39 Å². The van der Waals surface area contributed by atoms with Crippen molar-refractivity contribution < 1.29 is 9.18 Å². The molecule has 1 atom stereocenters. The molecular formula is C12H17FN2O. The van der Waals surface area contributed by atoms with Gasteiger partial charge in [-0.2, -0.15) is 0 Å². The SMILES string of the molecule is CCC(N)CNC(=O)Cc1ccc(F)cc1. The Morgan fingerprint density at radius 1 is 1.44 bits per heavy atom. The fourth-order valence-electron chi connectivity index (χ4n) is 1.24. The molecule has 0 saturated heterocycles. The molecule has 1 aromatic carbocycles. The van der Waals surface area contributed by atoms with Gasteiger partial charge in [0.2, 0.25) is 5.91 Å². The summed E-state index contributed by atoms with van der Waals surface area (Å²) in [6.45, 7) is 2.45. The second-order valence-electron chi connectivity index (χ2n) is 3.78. The summed E-state index contributed by atoms with van der Waals surface area (Å²) in [6.07, 6.45) is 1.09. The van der Waals surface area contributed by atoms with Crippen LogP contribution in [0.2, 0.25) is 0 Å². The molecule has 0 aliphatic rings. The van der Waals surface area contributed by atoms with E-state index in [1.807, 2.05) is 6.92 Å². The minimum atomic E-state index is -0.294. The van der Waals surface area contributed by atoms with Gasteiger partial charge < -0.3 is 11.1 Å². The number of amides is 1. The van der Waals surface area contributed by atoms with Gasteiger partial charge in [0, 0.05) is 12.6 Å². The molecule has 1 amide bonds. The minimum Gasteiger partial charge on any atom is -0.354 e. The number of hydrogen-bond donors (Lipinski definition) is 2. The van der Waals surface area contributed by atoms with Gasteiger partial charge in [0.05, 0.1) is 6.42 Å². The fraction of sp³-hybridized carbons (Fsp3) is 0.417. The van der Waals surface area contributed by atoms with Crippen molar-refractivity contribution in [1.82, 2.24) is 5.32 Å². The maximum absolute atomic E-state index is 12.6. The van der Waals surface area contributed by atoms with Gasteiger partial charge in [-0.3, -0.25) is 4.79 Å². The highest BCUT2D eigenvalue weighted by atomic mass is 19.1. The lowest BCUT2D eigenvalue weighted by atomic mass is 10.1. The van der Waals surface area contributed by atoms with Crippen LogP contribution in [0, 0.1) is 5.82 Å². The van der Waals surface area contributed by atoms with Crippen molar-refractivity contribution in [1.29, 1.82) is 0 Å². The van der Waals surface area contributed by atoms with E-state index in [-0.39, 0.29) is 24.2 Å². The van der Waals surface area contributed by atoms with Crippen LogP contribution in [-0.4, -0.2) is 18.5 Å². The molecule has 0 heterocycles. The van der Waals surface area contributed by atoms with Crippen LogP contribution < -0.4 is 11.1 Å². The van der Waals surface area contributed by atoms with Crippen molar-refractivity contribution in [2.75, 3.05) is 6.54 Å². The molecule has 0 fully saturated rings. The monoisotopic (exact) mass is 224 g/mol. The Labute approximate surface area is 94.8 Å². The molecule has 16 heavy (non-hydrogen) atoms. The zero-order valence-corrected chi connectivity index (χ0v) is 9.37. The van der Waals surface area contributed by atoms with Crippen molar-refractivity contribution in [2.45, 2.75) is 25.8 Å². The number of benzene rings is 1. The first-order chi connectivity index (χ1) is 7.61. The molecule has 3 N–H and O–H groups in total. The van der Waals surface area contributed by atoms with E-state index < -0.39 is 0 Å². The Morgan fingerprint density at radius 2 is 2.06 bits per heavy atom. The molecule has 0 aliphatic carbocycles. The van der Waals surface area contributed by atoms with Crippen LogP contribution >= 0.6 is 0 Å². The van der Waals surface area contributed by atoms with E-state index in [1.165, 1.54) is 12.1 Å². The van der Waals surface area contributed by atoms with Gasteiger partial charge in [0.25, 0.3) is 0 Å². The fourth-order valence-corrected chi connectivity index (χ4v) is 1.24. The average molecular weight is 224 g/mol. The Morgan fingerprint density at radius 3 is 2.62 bits per heavy atom. The lowest BCUT2D eigenvalue weighted by Crippen LogP contribution is -2.37. The molecule has 4 heteroatoms. The normalized spacial score (nSPS) is 12.2. The number of carbonyl (C=O) groups is 1. The predicted molar refractivity (Wildman–Crippen MR) is 61.4 cm³/mol. The summed E-state index contributed by atoms with van der Waals surface area (Å²) in [7, 11) is 0. The second kappa shape index (κ2) is 6.23. The van der Waals surface area contributed by atoms with Gasteiger partial charge in [0.15, 0.2) is 0 Å². The summed E-state index contributed by atoms with van der Waals surface area (Å²) in [5, 5.41) is 2.74. The standard InChI is InChI=1S/C12H17FN2O/c1-2-11(14)8-15-12(16)7-9-3-5-10(13)6-4-9/h3-6,11H,2,7-8,14H2,1H3,(H,15,16). The summed E-state index contributed by atoms with van der Waals surface area (Å²) >= 11 is 0. The Balaban J connectivity index is 2.37. The van der Waals surface area contributed by atoms with Crippen LogP contribution in [-0.2, 0) is 11.2 Å². The number of rotatable bonds is 5. The maximum atomic E-state index is 12.6. The largest absolute Gasteiger partial charge is 0.354 e. The van der Waals surface area contributed by atoms with Crippen LogP contribution in [0.25, 0.3) is 0 Å². The molecule has 0 aliphatic heterocycles. The first-order valence-corrected chi connectivity index (χ1v) is 5.38. The van der Waals surface area contributed by atoms with Gasteiger partial charge in [-0.1, -0.05) is 19.1 Å². The zero-order chi connectivity index (χ0) is 12.0. The van der Waals surface area contributed by atoms with Crippen molar-refractivity contribution in [3.63, 3.8) is 0 Å². The summed E-state index contributed by atoms with van der Waals surface area (Å²) in [5.41, 5.74) is 6.47. The Hall–Kier alpha value is -1.42. The zero-order valence-electron chi connectivity index (χ0n) is 9.37. The van der Waals surface area contributed by atoms with Gasteiger partial charge in [0.1, 0.15) is 5.82 Å². The third kappa shape index (κ3) is 4.40. The van der Waals surface area contributed by atoms with E-state index in [0.29, 0.717) is 6.54 Å². The van der Waals surface area contributed by atoms with E-state index in [2.05, 4.69) is 5.32 Å². The molecular weight excluding hydrogens is 207 g/mol. The third-order valence-corrected chi connectivity index (χ3v) is 2.36. The lowest BCUT2D eigenvalue weighted by Gasteiger charge is -2.10. The van der Waals surface area contributed by atoms with Crippen molar-refractivity contribution in [3.05, 3.63) is 35.6 Å². The lowest BCUT2D eigenvalue weighted by molar-refractivity contribution is -0.120. The van der Waals surface area contributed by atoms with E-state index >= 15 is 0 Å². The number of carbonyl (C=O) groups excluding carboxylic acids is 1. The van der Waals surface area contributed by atoms with E-state index in [0.717, 1.165) is 12.0 Å². The van der Waals surface area contributed by atoms with E-state index in [4.69, 9.17) is 5.73 Å². The second-order valence-corrected chi connectivity index (χ2v) is 3.78. The molecule has 0 aromatic heterocycles. The number of halogens is 1. The first-order valence-electron chi connectivity index (χ1n) is 5.38. The summed E-state index contributed by atoms with van der Waals surface area (Å²) in [5.74, 6) is -0.382. The summed E-state index contributed by atoms with van der Waals surface area (Å²) < 4.78 is 12.6. The van der Waals surface area contributed by atoms with E-state index in [9.17, 15) is 9.18 Å². The quantitative estimate of drug-likeness (QED) is 0.790. The third-order valence-electron chi connectivity index (χ3n) is 2.36. The van der Waals surface area contributed by atoms with Crippen molar-refractivity contribution in [3.8, 4) is 0 Å². The highest BCUT2D eigenvalue weighted by molar-refractivity contribution is 5.78. The van der Waals surface area contributed by atoms with Crippen molar-refractivity contribution in [2.24, 2.45) is 5.73 Å². The van der Waals surface area contributed by atoms with Crippen LogP contribution in [0.3, 0.4) is 0 Å². The molecule has 0 saturated carbocycles. The number of nitrogens with one attached hydrogen (secondary N) is 1. The van der Waals surface area contributed by atoms with Crippen LogP contribution in [0.4, 0.5) is 4.39 Å². The minimum absolute atomic E-state index is 0.00262. The highest BCUT2D eigenvalue weighted by Crippen LogP contribution is 2.03. The molecule has 1 rings (SSSR count). The van der Waals surface area contributed by atoms with Crippen LogP contribution in [0.5, 0.6) is 0 Å². The molecule has 0 radical (unpaired) electrons. The number of nitrogens with two attached hydrogens (primary N) is 1. The first kappa shape index (κ1) is 12.6. The average Bonchev–Trinajstić information content (AvgIpc) is 2.29. The summed E-state index contributed by atoms with van der Waals surface area (Å²) in [6, 6.07) is 5.90. The van der Waals surface area contributed by atoms with Crippen LogP contribution in [0.15, 0.2) is 24.3 Å². The highest BCUT2D eigenvalue weighted by Gasteiger charge is 2.05. The van der Waals surface area contributed by atoms with Gasteiger partial charge in [-0.15, -0.1) is 0 Å². The Kier molecular flexibility index (Phi) is 4.92. The molecule has 0 spiro atoms. The van der Waals surface area contributed by atoms with E-state index in [1.54, 1.807) is 12.1 Å². The number of hydrogen-bond acceptors (Lipinski definition) is 2. The predicted octanol–water partition coefficient (Wildman–Crippen LogP) is 1.22. The smallest absolute Gasteiger partial charge is 0.224 e. The van der Waals surface area contributed by atoms with Crippen LogP contribution in [0.1, 0.15) is 18.9 Å².